The minimum absolute atomic E-state index is 0.102. The largest absolute Gasteiger partial charge is 0.493 e. The predicted molar refractivity (Wildman–Crippen MR) is 120 cm³/mol. The number of hydrogen-bond acceptors (Lipinski definition) is 4. The number of ether oxygens (including phenoxy) is 2. The van der Waals surface area contributed by atoms with Gasteiger partial charge in [-0.15, -0.1) is 0 Å². The number of amides is 1. The first-order valence-electron chi connectivity index (χ1n) is 11.6. The van der Waals surface area contributed by atoms with Crippen LogP contribution in [0.15, 0.2) is 24.3 Å². The SMILES string of the molecule is CC(C)N1CCC[C@H](COc2ccc3c(c2)cc(C(=O)N2CCOCC2)n3C(F)(F)CF)C1. The van der Waals surface area contributed by atoms with E-state index in [1.54, 1.807) is 12.1 Å². The van der Waals surface area contributed by atoms with E-state index in [0.29, 0.717) is 60.6 Å². The van der Waals surface area contributed by atoms with Crippen molar-refractivity contribution in [3.8, 4) is 5.75 Å². The zero-order valence-corrected chi connectivity index (χ0v) is 19.2. The number of halogens is 3. The van der Waals surface area contributed by atoms with Crippen LogP contribution in [-0.4, -0.2) is 79.0 Å². The molecule has 0 spiro atoms. The molecule has 6 nitrogen and oxygen atoms in total. The van der Waals surface area contributed by atoms with Crippen LogP contribution < -0.4 is 4.74 Å². The summed E-state index contributed by atoms with van der Waals surface area (Å²) in [6, 6.07) is 2.81. The molecule has 2 saturated heterocycles. The molecule has 0 bridgehead atoms. The van der Waals surface area contributed by atoms with Crippen LogP contribution in [0.25, 0.3) is 10.9 Å². The summed E-state index contributed by atoms with van der Waals surface area (Å²) in [5.41, 5.74) is -0.128. The molecule has 2 aliphatic rings. The maximum Gasteiger partial charge on any atom is 0.358 e. The van der Waals surface area contributed by atoms with E-state index in [-0.39, 0.29) is 11.2 Å². The van der Waals surface area contributed by atoms with E-state index in [9.17, 15) is 18.0 Å². The molecule has 0 radical (unpaired) electrons. The van der Waals surface area contributed by atoms with Gasteiger partial charge in [0.25, 0.3) is 5.91 Å². The number of fused-ring (bicyclic) bond motifs is 1. The van der Waals surface area contributed by atoms with Crippen LogP contribution in [0.2, 0.25) is 0 Å². The monoisotopic (exact) mass is 467 g/mol. The lowest BCUT2D eigenvalue weighted by atomic mass is 9.98. The summed E-state index contributed by atoms with van der Waals surface area (Å²) in [6.45, 7) is 6.39. The molecule has 1 aromatic heterocycles. The van der Waals surface area contributed by atoms with E-state index in [1.807, 2.05) is 0 Å². The predicted octanol–water partition coefficient (Wildman–Crippen LogP) is 4.13. The first-order chi connectivity index (χ1) is 15.8. The normalized spacial score (nSPS) is 20.5. The van der Waals surface area contributed by atoms with Gasteiger partial charge in [-0.2, -0.15) is 8.78 Å². The first-order valence-corrected chi connectivity index (χ1v) is 11.6. The Labute approximate surface area is 192 Å². The number of aromatic nitrogens is 1. The molecule has 2 aromatic rings. The standard InChI is InChI=1S/C24H32F3N3O3/c1-17(2)29-7-3-4-18(14-29)15-33-20-5-6-21-19(12-20)13-22(30(21)24(26,27)16-25)23(31)28-8-10-32-11-9-28/h5-6,12-13,17-18H,3-4,7-11,14-16H2,1-2H3/t18-/m0/s1. The molecule has 9 heteroatoms. The molecule has 0 unspecified atom stereocenters. The highest BCUT2D eigenvalue weighted by molar-refractivity contribution is 5.99. The summed E-state index contributed by atoms with van der Waals surface area (Å²) in [4.78, 5) is 16.9. The van der Waals surface area contributed by atoms with Crippen molar-refractivity contribution in [2.45, 2.75) is 38.8 Å². The Morgan fingerprint density at radius 1 is 1.21 bits per heavy atom. The van der Waals surface area contributed by atoms with Gasteiger partial charge >= 0.3 is 6.05 Å². The Balaban J connectivity index is 1.57. The molecule has 2 aliphatic heterocycles. The number of alkyl halides is 3. The smallest absolute Gasteiger partial charge is 0.358 e. The molecule has 2 fully saturated rings. The zero-order valence-electron chi connectivity index (χ0n) is 19.2. The number of rotatable bonds is 7. The Kier molecular flexibility index (Phi) is 7.19. The molecule has 1 aromatic carbocycles. The second kappa shape index (κ2) is 9.93. The lowest BCUT2D eigenvalue weighted by Crippen LogP contribution is -2.42. The molecule has 0 aliphatic carbocycles. The minimum Gasteiger partial charge on any atom is -0.493 e. The van der Waals surface area contributed by atoms with Crippen molar-refractivity contribution in [3.05, 3.63) is 30.0 Å². The number of piperidine rings is 1. The number of nitrogens with zero attached hydrogens (tertiary/aromatic N) is 3. The van der Waals surface area contributed by atoms with Crippen molar-refractivity contribution in [1.82, 2.24) is 14.4 Å². The second-order valence-electron chi connectivity index (χ2n) is 9.20. The third-order valence-corrected chi connectivity index (χ3v) is 6.54. The maximum atomic E-state index is 14.6. The Morgan fingerprint density at radius 3 is 2.67 bits per heavy atom. The molecular formula is C24H32F3N3O3. The highest BCUT2D eigenvalue weighted by atomic mass is 19.3. The Bertz CT molecular complexity index is 973. The lowest BCUT2D eigenvalue weighted by molar-refractivity contribution is -0.0968. The van der Waals surface area contributed by atoms with E-state index in [2.05, 4.69) is 18.7 Å². The zero-order chi connectivity index (χ0) is 23.6. The fourth-order valence-corrected chi connectivity index (χ4v) is 4.70. The highest BCUT2D eigenvalue weighted by Gasteiger charge is 2.38. The highest BCUT2D eigenvalue weighted by Crippen LogP contribution is 2.34. The number of likely N-dealkylation sites (tertiary alicyclic amines) is 1. The third-order valence-electron chi connectivity index (χ3n) is 6.54. The molecule has 0 saturated carbocycles. The molecule has 3 heterocycles. The van der Waals surface area contributed by atoms with Crippen molar-refractivity contribution < 1.29 is 27.4 Å². The van der Waals surface area contributed by atoms with Crippen molar-refractivity contribution in [2.75, 3.05) is 52.7 Å². The lowest BCUT2D eigenvalue weighted by Gasteiger charge is -2.35. The van der Waals surface area contributed by atoms with Crippen LogP contribution in [0.5, 0.6) is 5.75 Å². The van der Waals surface area contributed by atoms with Crippen molar-refractivity contribution in [2.24, 2.45) is 5.92 Å². The second-order valence-corrected chi connectivity index (χ2v) is 9.20. The quantitative estimate of drug-likeness (QED) is 0.614. The van der Waals surface area contributed by atoms with Crippen LogP contribution in [0.4, 0.5) is 13.2 Å². The van der Waals surface area contributed by atoms with Gasteiger partial charge < -0.3 is 19.3 Å². The fourth-order valence-electron chi connectivity index (χ4n) is 4.70. The van der Waals surface area contributed by atoms with Gasteiger partial charge in [0.05, 0.1) is 25.3 Å². The number of hydrogen-bond donors (Lipinski definition) is 0. The summed E-state index contributed by atoms with van der Waals surface area (Å²) in [7, 11) is 0. The third kappa shape index (κ3) is 5.14. The average molecular weight is 468 g/mol. The van der Waals surface area contributed by atoms with Crippen LogP contribution in [-0.2, 0) is 10.8 Å². The molecule has 1 amide bonds. The van der Waals surface area contributed by atoms with E-state index >= 15 is 0 Å². The number of morpholine rings is 1. The van der Waals surface area contributed by atoms with E-state index < -0.39 is 18.6 Å². The van der Waals surface area contributed by atoms with Crippen LogP contribution >= 0.6 is 0 Å². The summed E-state index contributed by atoms with van der Waals surface area (Å²) in [5.74, 6) is 0.395. The molecular weight excluding hydrogens is 435 g/mol. The van der Waals surface area contributed by atoms with Crippen LogP contribution in [0.3, 0.4) is 0 Å². The van der Waals surface area contributed by atoms with Gasteiger partial charge in [0.2, 0.25) is 0 Å². The van der Waals surface area contributed by atoms with Crippen molar-refractivity contribution >= 4 is 16.8 Å². The average Bonchev–Trinajstić information content (AvgIpc) is 3.22. The summed E-state index contributed by atoms with van der Waals surface area (Å²) in [5, 5.41) is 0.421. The number of benzene rings is 1. The van der Waals surface area contributed by atoms with E-state index in [1.165, 1.54) is 17.0 Å². The Morgan fingerprint density at radius 2 is 1.97 bits per heavy atom. The molecule has 33 heavy (non-hydrogen) atoms. The fraction of sp³-hybridized carbons (Fsp3) is 0.625. The van der Waals surface area contributed by atoms with Crippen molar-refractivity contribution in [1.29, 1.82) is 0 Å². The van der Waals surface area contributed by atoms with Crippen LogP contribution in [0, 0.1) is 5.92 Å². The first kappa shape index (κ1) is 23.9. The molecule has 1 atom stereocenters. The minimum atomic E-state index is -3.83. The van der Waals surface area contributed by atoms with Gasteiger partial charge in [0.1, 0.15) is 11.4 Å². The van der Waals surface area contributed by atoms with Gasteiger partial charge in [0, 0.05) is 37.0 Å². The van der Waals surface area contributed by atoms with Gasteiger partial charge in [0.15, 0.2) is 6.67 Å². The number of carbonyl (C=O) groups excluding carboxylic acids is 1. The van der Waals surface area contributed by atoms with Gasteiger partial charge in [-0.05, 0) is 57.5 Å². The van der Waals surface area contributed by atoms with Gasteiger partial charge in [-0.3, -0.25) is 9.36 Å². The molecule has 4 rings (SSSR count). The maximum absolute atomic E-state index is 14.6. The number of carbonyl (C=O) groups is 1. The van der Waals surface area contributed by atoms with E-state index in [4.69, 9.17) is 9.47 Å². The Hall–Kier alpha value is -2.26. The summed E-state index contributed by atoms with van der Waals surface area (Å²) in [6.07, 6.45) is 2.21. The van der Waals surface area contributed by atoms with E-state index in [0.717, 1.165) is 25.9 Å². The topological polar surface area (TPSA) is 46.9 Å². The summed E-state index contributed by atoms with van der Waals surface area (Å²) >= 11 is 0. The van der Waals surface area contributed by atoms with Crippen LogP contribution in [0.1, 0.15) is 37.2 Å². The molecule has 182 valence electrons. The van der Waals surface area contributed by atoms with Crippen molar-refractivity contribution in [3.63, 3.8) is 0 Å². The van der Waals surface area contributed by atoms with Gasteiger partial charge in [-0.1, -0.05) is 0 Å². The summed E-state index contributed by atoms with van der Waals surface area (Å²) < 4.78 is 54.2. The van der Waals surface area contributed by atoms with Gasteiger partial charge in [-0.25, -0.2) is 4.39 Å². The molecule has 0 N–H and O–H groups in total.